The van der Waals surface area contributed by atoms with Gasteiger partial charge in [0.25, 0.3) is 0 Å². The molecule has 1 aromatic carbocycles. The number of hydrogen-bond acceptors (Lipinski definition) is 3. The van der Waals surface area contributed by atoms with Crippen molar-refractivity contribution < 1.29 is 14.4 Å². The van der Waals surface area contributed by atoms with E-state index in [1.54, 1.807) is 9.80 Å². The molecule has 0 aliphatic carbocycles. The van der Waals surface area contributed by atoms with Gasteiger partial charge in [0.2, 0.25) is 17.7 Å². The minimum Gasteiger partial charge on any atom is -0.354 e. The normalized spacial score (nSPS) is 24.7. The van der Waals surface area contributed by atoms with E-state index in [0.717, 1.165) is 5.56 Å². The second-order valence-corrected chi connectivity index (χ2v) is 6.35. The van der Waals surface area contributed by atoms with Crippen LogP contribution in [0.25, 0.3) is 0 Å². The molecule has 0 bridgehead atoms. The lowest BCUT2D eigenvalue weighted by molar-refractivity contribution is -0.138. The Balaban J connectivity index is 1.84. The van der Waals surface area contributed by atoms with Crippen LogP contribution in [0.2, 0.25) is 0 Å². The number of carbonyl (C=O) groups excluding carboxylic acids is 3. The Labute approximate surface area is 141 Å². The SMILES string of the molecule is CCN1C[C@@H](C(=O)N2CCNC(=O)C[C@@H]2c2ccccc2)CC1=O. The van der Waals surface area contributed by atoms with E-state index in [0.29, 0.717) is 26.2 Å². The molecule has 1 N–H and O–H groups in total. The van der Waals surface area contributed by atoms with Crippen molar-refractivity contribution in [2.24, 2.45) is 5.92 Å². The summed E-state index contributed by atoms with van der Waals surface area (Å²) in [5, 5.41) is 2.84. The van der Waals surface area contributed by atoms with Crippen molar-refractivity contribution >= 4 is 17.7 Å². The minimum absolute atomic E-state index is 0.0235. The molecule has 2 aliphatic heterocycles. The van der Waals surface area contributed by atoms with Gasteiger partial charge in [0, 0.05) is 32.6 Å². The average molecular weight is 329 g/mol. The van der Waals surface area contributed by atoms with Crippen molar-refractivity contribution in [2.75, 3.05) is 26.2 Å². The first-order valence-electron chi connectivity index (χ1n) is 8.50. The van der Waals surface area contributed by atoms with Crippen LogP contribution in [0, 0.1) is 5.92 Å². The summed E-state index contributed by atoms with van der Waals surface area (Å²) in [5.41, 5.74) is 0.958. The van der Waals surface area contributed by atoms with Crippen LogP contribution in [-0.4, -0.2) is 53.7 Å². The van der Waals surface area contributed by atoms with E-state index in [1.807, 2.05) is 37.3 Å². The fourth-order valence-electron chi connectivity index (χ4n) is 3.54. The fourth-order valence-corrected chi connectivity index (χ4v) is 3.54. The molecule has 0 spiro atoms. The summed E-state index contributed by atoms with van der Waals surface area (Å²) in [6, 6.07) is 9.37. The Morgan fingerprint density at radius 1 is 1.21 bits per heavy atom. The maximum absolute atomic E-state index is 13.1. The second-order valence-electron chi connectivity index (χ2n) is 6.35. The molecule has 0 aromatic heterocycles. The van der Waals surface area contributed by atoms with E-state index < -0.39 is 0 Å². The smallest absolute Gasteiger partial charge is 0.228 e. The van der Waals surface area contributed by atoms with Gasteiger partial charge in [0.15, 0.2) is 0 Å². The van der Waals surface area contributed by atoms with E-state index in [9.17, 15) is 14.4 Å². The van der Waals surface area contributed by atoms with Crippen LogP contribution >= 0.6 is 0 Å². The Morgan fingerprint density at radius 3 is 2.62 bits per heavy atom. The number of likely N-dealkylation sites (tertiary alicyclic amines) is 1. The standard InChI is InChI=1S/C18H23N3O3/c1-2-20-12-14(10-17(20)23)18(24)21-9-8-19-16(22)11-15(21)13-6-4-3-5-7-13/h3-7,14-15H,2,8-12H2,1H3,(H,19,22)/t14-,15+/m0/s1. The van der Waals surface area contributed by atoms with Gasteiger partial charge in [0.1, 0.15) is 0 Å². The van der Waals surface area contributed by atoms with E-state index in [4.69, 9.17) is 0 Å². The van der Waals surface area contributed by atoms with Crippen molar-refractivity contribution in [3.63, 3.8) is 0 Å². The summed E-state index contributed by atoms with van der Waals surface area (Å²) in [6.07, 6.45) is 0.528. The molecule has 2 atom stereocenters. The minimum atomic E-state index is -0.308. The van der Waals surface area contributed by atoms with Gasteiger partial charge in [0.05, 0.1) is 18.4 Å². The molecule has 2 heterocycles. The van der Waals surface area contributed by atoms with Crippen LogP contribution < -0.4 is 5.32 Å². The molecule has 1 aromatic rings. The molecule has 2 fully saturated rings. The first-order valence-corrected chi connectivity index (χ1v) is 8.50. The molecule has 3 amide bonds. The van der Waals surface area contributed by atoms with Gasteiger partial charge in [-0.1, -0.05) is 30.3 Å². The number of nitrogens with zero attached hydrogens (tertiary/aromatic N) is 2. The maximum atomic E-state index is 13.1. The van der Waals surface area contributed by atoms with Gasteiger partial charge < -0.3 is 15.1 Å². The third kappa shape index (κ3) is 3.27. The Kier molecular flexibility index (Phi) is 4.83. The van der Waals surface area contributed by atoms with Gasteiger partial charge in [-0.3, -0.25) is 14.4 Å². The number of amides is 3. The predicted octanol–water partition coefficient (Wildman–Crippen LogP) is 0.945. The van der Waals surface area contributed by atoms with Crippen molar-refractivity contribution in [1.82, 2.24) is 15.1 Å². The topological polar surface area (TPSA) is 69.7 Å². The lowest BCUT2D eigenvalue weighted by atomic mass is 9.99. The molecule has 6 nitrogen and oxygen atoms in total. The largest absolute Gasteiger partial charge is 0.354 e. The van der Waals surface area contributed by atoms with E-state index >= 15 is 0 Å². The summed E-state index contributed by atoms with van der Waals surface area (Å²) < 4.78 is 0. The first kappa shape index (κ1) is 16.5. The number of carbonyl (C=O) groups is 3. The van der Waals surface area contributed by atoms with Crippen LogP contribution in [0.15, 0.2) is 30.3 Å². The zero-order chi connectivity index (χ0) is 17.1. The first-order chi connectivity index (χ1) is 11.6. The van der Waals surface area contributed by atoms with Crippen molar-refractivity contribution in [1.29, 1.82) is 0 Å². The Morgan fingerprint density at radius 2 is 1.96 bits per heavy atom. The molecular formula is C18H23N3O3. The molecule has 2 saturated heterocycles. The molecular weight excluding hydrogens is 306 g/mol. The van der Waals surface area contributed by atoms with Crippen LogP contribution in [0.5, 0.6) is 0 Å². The second kappa shape index (κ2) is 7.03. The highest BCUT2D eigenvalue weighted by Gasteiger charge is 2.39. The van der Waals surface area contributed by atoms with Gasteiger partial charge in [-0.05, 0) is 12.5 Å². The van der Waals surface area contributed by atoms with Crippen LogP contribution in [0.4, 0.5) is 0 Å². The van der Waals surface area contributed by atoms with Crippen LogP contribution in [0.3, 0.4) is 0 Å². The number of hydrogen-bond donors (Lipinski definition) is 1. The molecule has 3 rings (SSSR count). The summed E-state index contributed by atoms with van der Waals surface area (Å²) in [7, 11) is 0. The van der Waals surface area contributed by atoms with Crippen LogP contribution in [-0.2, 0) is 14.4 Å². The van der Waals surface area contributed by atoms with E-state index in [2.05, 4.69) is 5.32 Å². The highest BCUT2D eigenvalue weighted by atomic mass is 16.2. The predicted molar refractivity (Wildman–Crippen MR) is 88.9 cm³/mol. The van der Waals surface area contributed by atoms with E-state index in [1.165, 1.54) is 0 Å². The summed E-state index contributed by atoms with van der Waals surface area (Å²) >= 11 is 0. The third-order valence-electron chi connectivity index (χ3n) is 4.84. The number of rotatable bonds is 3. The molecule has 0 saturated carbocycles. The highest BCUT2D eigenvalue weighted by Crippen LogP contribution is 2.29. The zero-order valence-corrected chi connectivity index (χ0v) is 13.9. The molecule has 0 unspecified atom stereocenters. The number of benzene rings is 1. The maximum Gasteiger partial charge on any atom is 0.228 e. The van der Waals surface area contributed by atoms with Crippen molar-refractivity contribution in [3.8, 4) is 0 Å². The van der Waals surface area contributed by atoms with Crippen molar-refractivity contribution in [3.05, 3.63) is 35.9 Å². The third-order valence-corrected chi connectivity index (χ3v) is 4.84. The summed E-state index contributed by atoms with van der Waals surface area (Å²) in [5.74, 6) is -0.338. The van der Waals surface area contributed by atoms with Gasteiger partial charge in [-0.15, -0.1) is 0 Å². The lowest BCUT2D eigenvalue weighted by Crippen LogP contribution is -2.41. The zero-order valence-electron chi connectivity index (χ0n) is 13.9. The lowest BCUT2D eigenvalue weighted by Gasteiger charge is -2.31. The van der Waals surface area contributed by atoms with Crippen molar-refractivity contribution in [2.45, 2.75) is 25.8 Å². The van der Waals surface area contributed by atoms with Crippen LogP contribution in [0.1, 0.15) is 31.4 Å². The molecule has 128 valence electrons. The molecule has 24 heavy (non-hydrogen) atoms. The summed E-state index contributed by atoms with van der Waals surface area (Å²) in [4.78, 5) is 40.5. The quantitative estimate of drug-likeness (QED) is 0.897. The Bertz CT molecular complexity index is 632. The summed E-state index contributed by atoms with van der Waals surface area (Å²) in [6.45, 7) is 3.96. The molecule has 6 heteroatoms. The fraction of sp³-hybridized carbons (Fsp3) is 0.500. The number of nitrogens with one attached hydrogen (secondary N) is 1. The Hall–Kier alpha value is -2.37. The molecule has 2 aliphatic rings. The van der Waals surface area contributed by atoms with E-state index in [-0.39, 0.29) is 42.5 Å². The van der Waals surface area contributed by atoms with Gasteiger partial charge in [-0.2, -0.15) is 0 Å². The highest BCUT2D eigenvalue weighted by molar-refractivity contribution is 5.90. The van der Waals surface area contributed by atoms with Gasteiger partial charge >= 0.3 is 0 Å². The molecule has 0 radical (unpaired) electrons. The van der Waals surface area contributed by atoms with Gasteiger partial charge in [-0.25, -0.2) is 0 Å². The average Bonchev–Trinajstić information content (AvgIpc) is 2.86. The monoisotopic (exact) mass is 329 g/mol.